The van der Waals surface area contributed by atoms with Gasteiger partial charge in [-0.15, -0.1) is 0 Å². The normalized spacial score (nSPS) is 11.0. The zero-order valence-electron chi connectivity index (χ0n) is 12.6. The molecule has 3 aromatic rings. The van der Waals surface area contributed by atoms with Crippen LogP contribution in [0.3, 0.4) is 0 Å². The summed E-state index contributed by atoms with van der Waals surface area (Å²) in [5.41, 5.74) is 0.244. The van der Waals surface area contributed by atoms with Gasteiger partial charge in [-0.25, -0.2) is 0 Å². The summed E-state index contributed by atoms with van der Waals surface area (Å²) in [6.07, 6.45) is 1.37. The molecule has 1 aromatic heterocycles. The third-order valence-corrected chi connectivity index (χ3v) is 4.86. The van der Waals surface area contributed by atoms with E-state index < -0.39 is 21.7 Å². The Morgan fingerprint density at radius 3 is 2.71 bits per heavy atom. The molecule has 2 aromatic carbocycles. The molecule has 0 amide bonds. The van der Waals surface area contributed by atoms with Gasteiger partial charge in [-0.3, -0.25) is 0 Å². The molecule has 0 saturated carbocycles. The summed E-state index contributed by atoms with van der Waals surface area (Å²) in [6, 6.07) is 11.9. The monoisotopic (exact) mass is 383 g/mol. The van der Waals surface area contributed by atoms with Crippen molar-refractivity contribution in [2.75, 3.05) is 0 Å². The topological polar surface area (TPSA) is 89.4 Å². The minimum absolute atomic E-state index is 0.0998. The van der Waals surface area contributed by atoms with Gasteiger partial charge in [0.1, 0.15) is 0 Å². The summed E-state index contributed by atoms with van der Waals surface area (Å²) in [6.45, 7) is 1.53. The second-order valence-electron chi connectivity index (χ2n) is 4.94. The first-order valence-electron chi connectivity index (χ1n) is 7.01. The van der Waals surface area contributed by atoms with E-state index in [9.17, 15) is 14.7 Å². The molecule has 3 rings (SSSR count). The second-order valence-corrected chi connectivity index (χ2v) is 7.69. The van der Waals surface area contributed by atoms with Crippen LogP contribution in [0.1, 0.15) is 17.3 Å². The van der Waals surface area contributed by atoms with Crippen LogP contribution in [0.15, 0.2) is 48.8 Å². The molecule has 0 aliphatic rings. The first kappa shape index (κ1) is 16.1. The number of hydrogen-bond acceptors (Lipinski definition) is 5. The maximum atomic E-state index is 11.2. The molecule has 7 heteroatoms. The molecule has 1 heterocycles. The van der Waals surface area contributed by atoms with Gasteiger partial charge < -0.3 is 0 Å². The van der Waals surface area contributed by atoms with E-state index in [1.165, 1.54) is 13.3 Å². The van der Waals surface area contributed by atoms with Crippen LogP contribution in [-0.4, -0.2) is 41.4 Å². The first-order chi connectivity index (χ1) is 11.5. The van der Waals surface area contributed by atoms with Crippen LogP contribution in [0.25, 0.3) is 10.8 Å². The van der Waals surface area contributed by atoms with E-state index in [4.69, 9.17) is 4.74 Å². The molecular weight excluding hydrogens is 371 g/mol. The predicted molar refractivity (Wildman–Crippen MR) is 89.1 cm³/mol. The fourth-order valence-corrected chi connectivity index (χ4v) is 3.51. The van der Waals surface area contributed by atoms with Gasteiger partial charge in [-0.05, 0) is 0 Å². The number of fused-ring (bicyclic) bond motifs is 1. The summed E-state index contributed by atoms with van der Waals surface area (Å²) < 4.78 is 6.49. The maximum absolute atomic E-state index is 11.2. The molecule has 6 nitrogen and oxygen atoms in total. The van der Waals surface area contributed by atoms with Crippen molar-refractivity contribution >= 4 is 41.5 Å². The van der Waals surface area contributed by atoms with Crippen molar-refractivity contribution in [3.8, 4) is 11.6 Å². The molecule has 0 fully saturated rings. The van der Waals surface area contributed by atoms with Gasteiger partial charge in [0.25, 0.3) is 0 Å². The number of aromatic carboxylic acids is 1. The Morgan fingerprint density at radius 1 is 1.12 bits per heavy atom. The van der Waals surface area contributed by atoms with Crippen LogP contribution in [0.4, 0.5) is 0 Å². The van der Waals surface area contributed by atoms with Crippen LogP contribution >= 0.6 is 0 Å². The average Bonchev–Trinajstić information content (AvgIpc) is 2.53. The number of rotatable bonds is 5. The Bertz CT molecular complexity index is 943. The van der Waals surface area contributed by atoms with Gasteiger partial charge in [0.15, 0.2) is 0 Å². The molecule has 0 saturated heterocycles. The minimum atomic E-state index is -0.970. The molecule has 0 atom stereocenters. The van der Waals surface area contributed by atoms with E-state index in [-0.39, 0.29) is 10.1 Å². The Labute approximate surface area is 144 Å². The Morgan fingerprint density at radius 2 is 1.96 bits per heavy atom. The predicted octanol–water partition coefficient (Wildman–Crippen LogP) is 2.00. The third kappa shape index (κ3) is 3.60. The first-order valence-corrected chi connectivity index (χ1v) is 8.89. The summed E-state index contributed by atoms with van der Waals surface area (Å²) in [4.78, 5) is 30.6. The van der Waals surface area contributed by atoms with E-state index >= 15 is 0 Å². The van der Waals surface area contributed by atoms with E-state index in [0.29, 0.717) is 21.5 Å². The van der Waals surface area contributed by atoms with Crippen LogP contribution in [0.2, 0.25) is 0 Å². The molecular formula is C17H12AsN2O4. The SMILES string of the molecule is CC(=O)[As]c1cc(Oc2ccc3c(C(=O)O)cccc3c2)ncn1. The Kier molecular flexibility index (Phi) is 4.58. The summed E-state index contributed by atoms with van der Waals surface area (Å²) in [5.74, 6) is -0.0821. The second kappa shape index (κ2) is 6.81. The van der Waals surface area contributed by atoms with Crippen molar-refractivity contribution in [2.45, 2.75) is 6.92 Å². The molecule has 119 valence electrons. The zero-order chi connectivity index (χ0) is 17.1. The number of aromatic nitrogens is 2. The number of ether oxygens (including phenoxy) is 1. The van der Waals surface area contributed by atoms with Gasteiger partial charge in [0, 0.05) is 0 Å². The van der Waals surface area contributed by atoms with Gasteiger partial charge in [-0.1, -0.05) is 0 Å². The molecule has 0 spiro atoms. The average molecular weight is 383 g/mol. The van der Waals surface area contributed by atoms with E-state index in [2.05, 4.69) is 9.97 Å². The number of benzene rings is 2. The van der Waals surface area contributed by atoms with Gasteiger partial charge in [0.05, 0.1) is 0 Å². The quantitative estimate of drug-likeness (QED) is 0.678. The third-order valence-electron chi connectivity index (χ3n) is 3.20. The van der Waals surface area contributed by atoms with E-state index in [1.807, 2.05) is 6.07 Å². The number of carboxylic acids is 1. The van der Waals surface area contributed by atoms with Crippen molar-refractivity contribution < 1.29 is 19.4 Å². The van der Waals surface area contributed by atoms with E-state index in [0.717, 1.165) is 5.39 Å². The fourth-order valence-electron chi connectivity index (χ4n) is 2.24. The molecule has 0 aliphatic carbocycles. The van der Waals surface area contributed by atoms with Crippen molar-refractivity contribution in [3.05, 3.63) is 54.4 Å². The molecule has 1 N–H and O–H groups in total. The van der Waals surface area contributed by atoms with Crippen molar-refractivity contribution in [3.63, 3.8) is 0 Å². The molecule has 0 bridgehead atoms. The number of carbonyl (C=O) groups is 2. The van der Waals surface area contributed by atoms with Gasteiger partial charge in [0.2, 0.25) is 0 Å². The summed E-state index contributed by atoms with van der Waals surface area (Å²) in [5, 5.41) is 10.6. The van der Waals surface area contributed by atoms with Gasteiger partial charge in [-0.2, -0.15) is 0 Å². The standard InChI is InChI=1S/C17H12AsN2O4/c1-10(21)18-15-8-16(20-9-19-15)24-12-5-6-13-11(7-12)3-2-4-14(13)17(22)23/h2-9H,1H3,(H,22,23). The van der Waals surface area contributed by atoms with E-state index in [1.54, 1.807) is 36.4 Å². The Balaban J connectivity index is 1.91. The molecule has 24 heavy (non-hydrogen) atoms. The van der Waals surface area contributed by atoms with Crippen LogP contribution in [-0.2, 0) is 4.79 Å². The number of carboxylic acid groups (broad SMARTS) is 1. The van der Waals surface area contributed by atoms with Gasteiger partial charge >= 0.3 is 144 Å². The summed E-state index contributed by atoms with van der Waals surface area (Å²) >= 11 is -0.651. The van der Waals surface area contributed by atoms with Crippen molar-refractivity contribution in [1.29, 1.82) is 0 Å². The molecule has 0 aliphatic heterocycles. The zero-order valence-corrected chi connectivity index (χ0v) is 14.5. The number of hydrogen-bond donors (Lipinski definition) is 1. The molecule has 1 radical (unpaired) electrons. The van der Waals surface area contributed by atoms with Crippen LogP contribution in [0.5, 0.6) is 11.6 Å². The van der Waals surface area contributed by atoms with Crippen LogP contribution < -0.4 is 9.22 Å². The van der Waals surface area contributed by atoms with Crippen LogP contribution in [0, 0.1) is 0 Å². The van der Waals surface area contributed by atoms with Crippen molar-refractivity contribution in [2.24, 2.45) is 0 Å². The fraction of sp³-hybridized carbons (Fsp3) is 0.0588. The number of carbonyl (C=O) groups excluding carboxylic acids is 1. The van der Waals surface area contributed by atoms with Crippen molar-refractivity contribution in [1.82, 2.24) is 9.97 Å². The Hall–Kier alpha value is -2.72. The number of nitrogens with zero attached hydrogens (tertiary/aromatic N) is 2. The molecule has 0 unspecified atom stereocenters. The summed E-state index contributed by atoms with van der Waals surface area (Å²) in [7, 11) is 0.